The van der Waals surface area contributed by atoms with Crippen LogP contribution in [-0.2, 0) is 10.5 Å². The van der Waals surface area contributed by atoms with Gasteiger partial charge >= 0.3 is 5.97 Å². The summed E-state index contributed by atoms with van der Waals surface area (Å²) in [4.78, 5) is 11.4. The summed E-state index contributed by atoms with van der Waals surface area (Å²) in [6, 6.07) is 9.40. The fourth-order valence-electron chi connectivity index (χ4n) is 1.77. The lowest BCUT2D eigenvalue weighted by Gasteiger charge is -2.26. The van der Waals surface area contributed by atoms with Gasteiger partial charge in [-0.3, -0.25) is 4.79 Å². The molecular formula is C14H17NO2S. The highest BCUT2D eigenvalue weighted by molar-refractivity contribution is 8.00. The fraction of sp³-hybridized carbons (Fsp3) is 0.429. The molecule has 0 aliphatic rings. The molecule has 0 aromatic heterocycles. The summed E-state index contributed by atoms with van der Waals surface area (Å²) in [6.07, 6.45) is 1.20. The molecule has 1 N–H and O–H groups in total. The maximum atomic E-state index is 11.4. The Kier molecular flexibility index (Phi) is 5.24. The molecule has 0 atom stereocenters. The minimum absolute atomic E-state index is 0.599. The standard InChI is InChI=1S/C14H17NO2S/c1-3-14(4-2,13(16)17)18-10-12-7-5-6-11(8-12)9-15/h5-8H,3-4,10H2,1-2H3,(H,16,17). The van der Waals surface area contributed by atoms with Gasteiger partial charge in [-0.1, -0.05) is 26.0 Å². The van der Waals surface area contributed by atoms with Gasteiger partial charge in [-0.2, -0.15) is 5.26 Å². The average Bonchev–Trinajstić information content (AvgIpc) is 2.40. The Bertz CT molecular complexity index is 461. The fourth-order valence-corrected chi connectivity index (χ4v) is 2.92. The van der Waals surface area contributed by atoms with Crippen molar-refractivity contribution in [3.8, 4) is 6.07 Å². The second-order valence-corrected chi connectivity index (χ2v) is 5.47. The zero-order valence-corrected chi connectivity index (χ0v) is 11.5. The molecule has 0 heterocycles. The second kappa shape index (κ2) is 6.46. The van der Waals surface area contributed by atoms with Crippen molar-refractivity contribution < 1.29 is 9.90 Å². The summed E-state index contributed by atoms with van der Waals surface area (Å²) in [5.41, 5.74) is 1.61. The van der Waals surface area contributed by atoms with Crippen LogP contribution in [0.15, 0.2) is 24.3 Å². The molecule has 1 rings (SSSR count). The van der Waals surface area contributed by atoms with E-state index in [1.165, 1.54) is 11.8 Å². The molecule has 4 heteroatoms. The van der Waals surface area contributed by atoms with Gasteiger partial charge in [0.2, 0.25) is 0 Å². The molecule has 1 aromatic carbocycles. The van der Waals surface area contributed by atoms with E-state index in [-0.39, 0.29) is 0 Å². The first-order valence-corrected chi connectivity index (χ1v) is 6.93. The van der Waals surface area contributed by atoms with E-state index in [1.54, 1.807) is 6.07 Å². The highest BCUT2D eigenvalue weighted by atomic mass is 32.2. The maximum Gasteiger partial charge on any atom is 0.319 e. The number of hydrogen-bond acceptors (Lipinski definition) is 3. The monoisotopic (exact) mass is 263 g/mol. The van der Waals surface area contributed by atoms with Crippen molar-refractivity contribution in [1.82, 2.24) is 0 Å². The number of aliphatic carboxylic acids is 1. The van der Waals surface area contributed by atoms with Crippen molar-refractivity contribution in [2.45, 2.75) is 37.2 Å². The number of carbonyl (C=O) groups is 1. The minimum Gasteiger partial charge on any atom is -0.480 e. The van der Waals surface area contributed by atoms with Crippen LogP contribution >= 0.6 is 11.8 Å². The summed E-state index contributed by atoms with van der Waals surface area (Å²) >= 11 is 1.44. The molecule has 0 aliphatic heterocycles. The van der Waals surface area contributed by atoms with Crippen LogP contribution in [0.5, 0.6) is 0 Å². The number of rotatable bonds is 6. The maximum absolute atomic E-state index is 11.4. The molecule has 0 amide bonds. The highest BCUT2D eigenvalue weighted by Crippen LogP contribution is 2.35. The Morgan fingerprint density at radius 1 is 1.44 bits per heavy atom. The summed E-state index contributed by atoms with van der Waals surface area (Å²) in [6.45, 7) is 3.80. The summed E-state index contributed by atoms with van der Waals surface area (Å²) in [5, 5.41) is 18.1. The van der Waals surface area contributed by atoms with E-state index in [2.05, 4.69) is 6.07 Å². The van der Waals surface area contributed by atoms with Crippen LogP contribution in [0.4, 0.5) is 0 Å². The normalized spacial score (nSPS) is 10.9. The van der Waals surface area contributed by atoms with Gasteiger partial charge in [0.1, 0.15) is 4.75 Å². The van der Waals surface area contributed by atoms with Gasteiger partial charge < -0.3 is 5.11 Å². The van der Waals surface area contributed by atoms with E-state index in [4.69, 9.17) is 5.26 Å². The number of thioether (sulfide) groups is 1. The Morgan fingerprint density at radius 3 is 2.61 bits per heavy atom. The van der Waals surface area contributed by atoms with Gasteiger partial charge in [0.25, 0.3) is 0 Å². The zero-order chi connectivity index (χ0) is 13.6. The first-order valence-electron chi connectivity index (χ1n) is 5.94. The van der Waals surface area contributed by atoms with Crippen molar-refractivity contribution in [3.05, 3.63) is 35.4 Å². The number of nitrogens with zero attached hydrogens (tertiary/aromatic N) is 1. The molecule has 0 saturated carbocycles. The quantitative estimate of drug-likeness (QED) is 0.854. The van der Waals surface area contributed by atoms with E-state index in [0.29, 0.717) is 24.2 Å². The Labute approximate surface area is 112 Å². The third kappa shape index (κ3) is 3.27. The van der Waals surface area contributed by atoms with Crippen LogP contribution in [0.2, 0.25) is 0 Å². The van der Waals surface area contributed by atoms with Crippen molar-refractivity contribution >= 4 is 17.7 Å². The second-order valence-electron chi connectivity index (χ2n) is 4.11. The lowest BCUT2D eigenvalue weighted by Crippen LogP contribution is -2.33. The largest absolute Gasteiger partial charge is 0.480 e. The number of carboxylic acids is 1. The SMILES string of the molecule is CCC(CC)(SCc1cccc(C#N)c1)C(=O)O. The molecule has 1 aromatic rings. The molecule has 0 bridgehead atoms. The number of hydrogen-bond donors (Lipinski definition) is 1. The summed E-state index contributed by atoms with van der Waals surface area (Å²) in [7, 11) is 0. The molecule has 0 unspecified atom stereocenters. The number of carboxylic acid groups (broad SMARTS) is 1. The minimum atomic E-state index is -0.756. The van der Waals surface area contributed by atoms with E-state index >= 15 is 0 Å². The molecule has 18 heavy (non-hydrogen) atoms. The predicted molar refractivity (Wildman–Crippen MR) is 73.4 cm³/mol. The number of nitriles is 1. The molecular weight excluding hydrogens is 246 g/mol. The van der Waals surface area contributed by atoms with Crippen molar-refractivity contribution in [1.29, 1.82) is 5.26 Å². The van der Waals surface area contributed by atoms with Gasteiger partial charge in [-0.15, -0.1) is 11.8 Å². The Balaban J connectivity index is 2.79. The molecule has 3 nitrogen and oxygen atoms in total. The molecule has 0 spiro atoms. The third-order valence-electron chi connectivity index (χ3n) is 3.10. The van der Waals surface area contributed by atoms with E-state index < -0.39 is 10.7 Å². The van der Waals surface area contributed by atoms with E-state index in [9.17, 15) is 9.90 Å². The highest BCUT2D eigenvalue weighted by Gasteiger charge is 2.35. The van der Waals surface area contributed by atoms with Gasteiger partial charge in [-0.25, -0.2) is 0 Å². The van der Waals surface area contributed by atoms with E-state index in [1.807, 2.05) is 32.0 Å². The van der Waals surface area contributed by atoms with Gasteiger partial charge in [-0.05, 0) is 30.5 Å². The molecule has 0 saturated heterocycles. The van der Waals surface area contributed by atoms with Crippen LogP contribution in [0.1, 0.15) is 37.8 Å². The number of benzene rings is 1. The lowest BCUT2D eigenvalue weighted by atomic mass is 10.0. The van der Waals surface area contributed by atoms with Crippen LogP contribution in [0.3, 0.4) is 0 Å². The summed E-state index contributed by atoms with van der Waals surface area (Å²) < 4.78 is -0.720. The van der Waals surface area contributed by atoms with Gasteiger partial charge in [0.05, 0.1) is 11.6 Å². The van der Waals surface area contributed by atoms with Crippen LogP contribution in [-0.4, -0.2) is 15.8 Å². The molecule has 96 valence electrons. The Hall–Kier alpha value is -1.47. The Morgan fingerprint density at radius 2 is 2.11 bits per heavy atom. The lowest BCUT2D eigenvalue weighted by molar-refractivity contribution is -0.140. The van der Waals surface area contributed by atoms with Crippen molar-refractivity contribution in [3.63, 3.8) is 0 Å². The third-order valence-corrected chi connectivity index (χ3v) is 4.89. The smallest absolute Gasteiger partial charge is 0.319 e. The first kappa shape index (κ1) is 14.6. The van der Waals surface area contributed by atoms with E-state index in [0.717, 1.165) is 5.56 Å². The average molecular weight is 263 g/mol. The molecule has 0 fully saturated rings. The predicted octanol–water partition coefficient (Wildman–Crippen LogP) is 3.43. The zero-order valence-electron chi connectivity index (χ0n) is 10.6. The van der Waals surface area contributed by atoms with Crippen molar-refractivity contribution in [2.24, 2.45) is 0 Å². The van der Waals surface area contributed by atoms with Crippen molar-refractivity contribution in [2.75, 3.05) is 0 Å². The summed E-state index contributed by atoms with van der Waals surface area (Å²) in [5.74, 6) is -0.141. The van der Waals surface area contributed by atoms with Crippen LogP contribution in [0.25, 0.3) is 0 Å². The first-order chi connectivity index (χ1) is 8.57. The van der Waals surface area contributed by atoms with Gasteiger partial charge in [0, 0.05) is 5.75 Å². The van der Waals surface area contributed by atoms with Crippen LogP contribution in [0, 0.1) is 11.3 Å². The van der Waals surface area contributed by atoms with Gasteiger partial charge in [0.15, 0.2) is 0 Å². The molecule has 0 aliphatic carbocycles. The van der Waals surface area contributed by atoms with Crippen LogP contribution < -0.4 is 0 Å². The topological polar surface area (TPSA) is 61.1 Å². The molecule has 0 radical (unpaired) electrons.